The van der Waals surface area contributed by atoms with Crippen LogP contribution < -0.4 is 0 Å². The van der Waals surface area contributed by atoms with Gasteiger partial charge in [-0.3, -0.25) is 0 Å². The van der Waals surface area contributed by atoms with Crippen LogP contribution in [0.2, 0.25) is 0 Å². The number of hydrogen-bond acceptors (Lipinski definition) is 2. The quantitative estimate of drug-likeness (QED) is 0.466. The van der Waals surface area contributed by atoms with Gasteiger partial charge in [0.25, 0.3) is 0 Å². The van der Waals surface area contributed by atoms with Crippen molar-refractivity contribution in [1.82, 2.24) is 0 Å². The van der Waals surface area contributed by atoms with E-state index in [2.05, 4.69) is 79.5 Å². The van der Waals surface area contributed by atoms with Crippen molar-refractivity contribution in [3.8, 4) is 0 Å². The highest BCUT2D eigenvalue weighted by molar-refractivity contribution is 7.80. The normalized spacial score (nSPS) is 14.0. The third kappa shape index (κ3) is 3.49. The SMILES string of the molecule is CCC(CCCS)(Cc1scc2ccccc12)c1ccccc1. The molecule has 0 aliphatic carbocycles. The van der Waals surface area contributed by atoms with Gasteiger partial charge < -0.3 is 0 Å². The van der Waals surface area contributed by atoms with Crippen molar-refractivity contribution in [3.63, 3.8) is 0 Å². The number of hydrogen-bond donors (Lipinski definition) is 1. The second-order valence-corrected chi connectivity index (χ2v) is 7.66. The fraction of sp³-hybridized carbons (Fsp3) is 0.333. The maximum absolute atomic E-state index is 4.46. The van der Waals surface area contributed by atoms with Crippen molar-refractivity contribution in [1.29, 1.82) is 0 Å². The zero-order chi connectivity index (χ0) is 16.1. The molecule has 120 valence electrons. The standard InChI is InChI=1S/C21H24S2/c1-2-21(13-8-14-22,18-10-4-3-5-11-18)15-20-19-12-7-6-9-17(19)16-23-20/h3-7,9-12,16,22H,2,8,13-15H2,1H3. The van der Waals surface area contributed by atoms with Gasteiger partial charge in [0, 0.05) is 4.88 Å². The van der Waals surface area contributed by atoms with E-state index in [-0.39, 0.29) is 5.41 Å². The summed E-state index contributed by atoms with van der Waals surface area (Å²) in [6.07, 6.45) is 4.65. The monoisotopic (exact) mass is 340 g/mol. The van der Waals surface area contributed by atoms with E-state index < -0.39 is 0 Å². The Bertz CT molecular complexity index is 745. The molecule has 0 amide bonds. The first-order chi connectivity index (χ1) is 11.3. The molecule has 2 heteroatoms. The molecule has 3 rings (SSSR count). The van der Waals surface area contributed by atoms with Crippen LogP contribution in [0.4, 0.5) is 0 Å². The number of benzene rings is 2. The van der Waals surface area contributed by atoms with Crippen LogP contribution in [0.3, 0.4) is 0 Å². The molecule has 0 bridgehead atoms. The maximum atomic E-state index is 4.46. The predicted molar refractivity (Wildman–Crippen MR) is 107 cm³/mol. The number of rotatable bonds is 7. The minimum absolute atomic E-state index is 0.220. The van der Waals surface area contributed by atoms with E-state index in [1.165, 1.54) is 27.6 Å². The molecule has 0 saturated heterocycles. The maximum Gasteiger partial charge on any atom is 0.0133 e. The van der Waals surface area contributed by atoms with Gasteiger partial charge in [0.1, 0.15) is 0 Å². The Morgan fingerprint density at radius 2 is 1.74 bits per heavy atom. The van der Waals surface area contributed by atoms with Gasteiger partial charge in [0.2, 0.25) is 0 Å². The fourth-order valence-corrected chi connectivity index (χ4v) is 4.85. The summed E-state index contributed by atoms with van der Waals surface area (Å²) in [6, 6.07) is 19.8. The van der Waals surface area contributed by atoms with Crippen LogP contribution in [-0.2, 0) is 11.8 Å². The minimum atomic E-state index is 0.220. The van der Waals surface area contributed by atoms with Crippen molar-refractivity contribution in [2.24, 2.45) is 0 Å². The molecular formula is C21H24S2. The molecule has 0 aliphatic rings. The summed E-state index contributed by atoms with van der Waals surface area (Å²) >= 11 is 6.37. The van der Waals surface area contributed by atoms with Gasteiger partial charge in [0.15, 0.2) is 0 Å². The molecule has 0 fully saturated rings. The van der Waals surface area contributed by atoms with Crippen LogP contribution in [0, 0.1) is 0 Å². The van der Waals surface area contributed by atoms with E-state index in [9.17, 15) is 0 Å². The van der Waals surface area contributed by atoms with Gasteiger partial charge in [-0.25, -0.2) is 0 Å². The van der Waals surface area contributed by atoms with Crippen molar-refractivity contribution in [2.75, 3.05) is 5.75 Å². The van der Waals surface area contributed by atoms with Crippen LogP contribution in [0.5, 0.6) is 0 Å². The molecule has 23 heavy (non-hydrogen) atoms. The number of thiol groups is 1. The Hall–Kier alpha value is -1.25. The highest BCUT2D eigenvalue weighted by atomic mass is 32.1. The highest BCUT2D eigenvalue weighted by Crippen LogP contribution is 2.40. The smallest absolute Gasteiger partial charge is 0.0133 e. The lowest BCUT2D eigenvalue weighted by atomic mass is 9.71. The van der Waals surface area contributed by atoms with E-state index in [1.807, 2.05) is 11.3 Å². The minimum Gasteiger partial charge on any atom is -0.179 e. The van der Waals surface area contributed by atoms with Gasteiger partial charge in [-0.15, -0.1) is 11.3 Å². The van der Waals surface area contributed by atoms with E-state index in [0.717, 1.165) is 25.0 Å². The summed E-state index contributed by atoms with van der Waals surface area (Å²) in [5.41, 5.74) is 1.69. The molecule has 0 N–H and O–H groups in total. The molecule has 1 heterocycles. The molecule has 0 nitrogen and oxygen atoms in total. The average molecular weight is 341 g/mol. The first-order valence-electron chi connectivity index (χ1n) is 8.40. The Morgan fingerprint density at radius 3 is 2.48 bits per heavy atom. The first-order valence-corrected chi connectivity index (χ1v) is 9.92. The van der Waals surface area contributed by atoms with Crippen molar-refractivity contribution >= 4 is 34.7 Å². The molecule has 0 spiro atoms. The lowest BCUT2D eigenvalue weighted by Crippen LogP contribution is -2.28. The van der Waals surface area contributed by atoms with Gasteiger partial charge in [-0.05, 0) is 58.6 Å². The second kappa shape index (κ2) is 7.55. The summed E-state index contributed by atoms with van der Waals surface area (Å²) < 4.78 is 0. The lowest BCUT2D eigenvalue weighted by molar-refractivity contribution is 0.376. The largest absolute Gasteiger partial charge is 0.179 e. The van der Waals surface area contributed by atoms with Gasteiger partial charge >= 0.3 is 0 Å². The number of fused-ring (bicyclic) bond motifs is 1. The van der Waals surface area contributed by atoms with Crippen LogP contribution in [-0.4, -0.2) is 5.75 Å². The van der Waals surface area contributed by atoms with Crippen LogP contribution in [0.15, 0.2) is 60.0 Å². The van der Waals surface area contributed by atoms with E-state index in [1.54, 1.807) is 0 Å². The summed E-state index contributed by atoms with van der Waals surface area (Å²) in [5, 5.41) is 5.10. The van der Waals surface area contributed by atoms with Crippen LogP contribution >= 0.6 is 24.0 Å². The zero-order valence-electron chi connectivity index (χ0n) is 13.7. The topological polar surface area (TPSA) is 0 Å². The predicted octanol–water partition coefficient (Wildman–Crippen LogP) is 6.50. The zero-order valence-corrected chi connectivity index (χ0v) is 15.4. The highest BCUT2D eigenvalue weighted by Gasteiger charge is 2.31. The summed E-state index contributed by atoms with van der Waals surface area (Å²) in [4.78, 5) is 1.52. The molecule has 1 unspecified atom stereocenters. The lowest BCUT2D eigenvalue weighted by Gasteiger charge is -2.33. The average Bonchev–Trinajstić information content (AvgIpc) is 3.02. The van der Waals surface area contributed by atoms with Crippen LogP contribution in [0.25, 0.3) is 10.8 Å². The molecule has 0 saturated carbocycles. The molecule has 2 aromatic carbocycles. The molecule has 0 radical (unpaired) electrons. The van der Waals surface area contributed by atoms with Crippen LogP contribution in [0.1, 0.15) is 36.6 Å². The summed E-state index contributed by atoms with van der Waals surface area (Å²) in [5.74, 6) is 0.958. The molecule has 1 aromatic heterocycles. The Labute approximate surface area is 149 Å². The van der Waals surface area contributed by atoms with Crippen molar-refractivity contribution < 1.29 is 0 Å². The van der Waals surface area contributed by atoms with Crippen molar-refractivity contribution in [3.05, 3.63) is 70.4 Å². The van der Waals surface area contributed by atoms with Crippen molar-refractivity contribution in [2.45, 2.75) is 38.0 Å². The van der Waals surface area contributed by atoms with E-state index >= 15 is 0 Å². The summed E-state index contributed by atoms with van der Waals surface area (Å²) in [7, 11) is 0. The van der Waals surface area contributed by atoms with Gasteiger partial charge in [-0.2, -0.15) is 12.6 Å². The van der Waals surface area contributed by atoms with E-state index in [4.69, 9.17) is 0 Å². The third-order valence-corrected chi connectivity index (χ3v) is 6.30. The molecular weight excluding hydrogens is 316 g/mol. The van der Waals surface area contributed by atoms with E-state index in [0.29, 0.717) is 0 Å². The Balaban J connectivity index is 2.01. The molecule has 3 aromatic rings. The first kappa shape index (κ1) is 16.6. The van der Waals surface area contributed by atoms with Gasteiger partial charge in [0.05, 0.1) is 0 Å². The Morgan fingerprint density at radius 1 is 1.00 bits per heavy atom. The van der Waals surface area contributed by atoms with Gasteiger partial charge in [-0.1, -0.05) is 61.5 Å². The number of thiophene rings is 1. The third-order valence-electron chi connectivity index (χ3n) is 4.96. The molecule has 0 aliphatic heterocycles. The Kier molecular flexibility index (Phi) is 5.45. The summed E-state index contributed by atoms with van der Waals surface area (Å²) in [6.45, 7) is 2.33. The fourth-order valence-electron chi connectivity index (χ4n) is 3.55. The molecule has 1 atom stereocenters. The second-order valence-electron chi connectivity index (χ2n) is 6.25.